The van der Waals surface area contributed by atoms with E-state index in [-0.39, 0.29) is 11.7 Å². The third kappa shape index (κ3) is 3.82. The summed E-state index contributed by atoms with van der Waals surface area (Å²) in [6, 6.07) is 6.68. The zero-order chi connectivity index (χ0) is 19.5. The molecule has 0 spiro atoms. The van der Waals surface area contributed by atoms with Crippen LogP contribution in [0.5, 0.6) is 5.75 Å². The largest absolute Gasteiger partial charge is 0.494 e. The third-order valence-corrected chi connectivity index (χ3v) is 5.52. The fraction of sp³-hybridized carbons (Fsp3) is 0.500. The van der Waals surface area contributed by atoms with E-state index in [1.54, 1.807) is 6.07 Å². The average Bonchev–Trinajstić information content (AvgIpc) is 3.24. The molecular formula is C20H26FN5O2. The lowest BCUT2D eigenvalue weighted by Gasteiger charge is -2.36. The van der Waals surface area contributed by atoms with Crippen molar-refractivity contribution in [2.24, 2.45) is 0 Å². The van der Waals surface area contributed by atoms with Crippen LogP contribution in [0.25, 0.3) is 0 Å². The van der Waals surface area contributed by atoms with Gasteiger partial charge in [0.2, 0.25) is 0 Å². The molecule has 2 saturated heterocycles. The summed E-state index contributed by atoms with van der Waals surface area (Å²) in [4.78, 5) is 16.8. The van der Waals surface area contributed by atoms with Gasteiger partial charge in [-0.15, -0.1) is 0 Å². The van der Waals surface area contributed by atoms with Gasteiger partial charge >= 0.3 is 0 Å². The predicted octanol–water partition coefficient (Wildman–Crippen LogP) is 1.92. The van der Waals surface area contributed by atoms with Crippen LogP contribution in [0.4, 0.5) is 10.1 Å². The van der Waals surface area contributed by atoms with Gasteiger partial charge in [0.25, 0.3) is 5.91 Å². The number of piperidine rings is 1. The van der Waals surface area contributed by atoms with Crippen molar-refractivity contribution in [1.29, 1.82) is 0 Å². The first-order valence-electron chi connectivity index (χ1n) is 9.79. The maximum absolute atomic E-state index is 13.4. The van der Waals surface area contributed by atoms with Crippen LogP contribution in [0.15, 0.2) is 30.5 Å². The first kappa shape index (κ1) is 18.7. The highest BCUT2D eigenvalue weighted by atomic mass is 19.1. The van der Waals surface area contributed by atoms with E-state index in [1.165, 1.54) is 19.2 Å². The van der Waals surface area contributed by atoms with Crippen LogP contribution in [-0.4, -0.2) is 67.0 Å². The fourth-order valence-corrected chi connectivity index (χ4v) is 3.94. The summed E-state index contributed by atoms with van der Waals surface area (Å²) < 4.78 is 20.6. The van der Waals surface area contributed by atoms with E-state index < -0.39 is 0 Å². The molecule has 1 aromatic heterocycles. The number of rotatable bonds is 4. The molecule has 0 aliphatic carbocycles. The molecule has 3 heterocycles. The maximum Gasteiger partial charge on any atom is 0.274 e. The van der Waals surface area contributed by atoms with Crippen molar-refractivity contribution in [1.82, 2.24) is 20.0 Å². The van der Waals surface area contributed by atoms with Gasteiger partial charge in [-0.2, -0.15) is 5.10 Å². The number of piperazine rings is 1. The van der Waals surface area contributed by atoms with Crippen LogP contribution < -0.4 is 15.0 Å². The van der Waals surface area contributed by atoms with E-state index >= 15 is 0 Å². The zero-order valence-electron chi connectivity index (χ0n) is 16.1. The lowest BCUT2D eigenvalue weighted by Crippen LogP contribution is -2.49. The van der Waals surface area contributed by atoms with E-state index in [0.717, 1.165) is 31.6 Å². The van der Waals surface area contributed by atoms with Crippen molar-refractivity contribution in [2.75, 3.05) is 51.3 Å². The van der Waals surface area contributed by atoms with Crippen LogP contribution >= 0.6 is 0 Å². The lowest BCUT2D eigenvalue weighted by molar-refractivity contribution is 0.0739. The number of nitrogens with one attached hydrogen (secondary N) is 1. The van der Waals surface area contributed by atoms with Crippen molar-refractivity contribution in [3.8, 4) is 5.75 Å². The van der Waals surface area contributed by atoms with Crippen molar-refractivity contribution in [2.45, 2.75) is 18.9 Å². The van der Waals surface area contributed by atoms with E-state index in [4.69, 9.17) is 4.74 Å². The van der Waals surface area contributed by atoms with Crippen molar-refractivity contribution >= 4 is 11.6 Å². The van der Waals surface area contributed by atoms with Crippen molar-refractivity contribution in [3.05, 3.63) is 42.0 Å². The number of aromatic nitrogens is 2. The molecule has 0 saturated carbocycles. The second-order valence-electron chi connectivity index (χ2n) is 7.28. The average molecular weight is 387 g/mol. The van der Waals surface area contributed by atoms with Gasteiger partial charge in [0.15, 0.2) is 0 Å². The summed E-state index contributed by atoms with van der Waals surface area (Å²) in [5.41, 5.74) is 1.35. The second kappa shape index (κ2) is 8.18. The highest BCUT2D eigenvalue weighted by Crippen LogP contribution is 2.29. The van der Waals surface area contributed by atoms with E-state index in [0.29, 0.717) is 43.7 Å². The third-order valence-electron chi connectivity index (χ3n) is 5.52. The Bertz CT molecular complexity index is 826. The smallest absolute Gasteiger partial charge is 0.274 e. The molecule has 2 aliphatic heterocycles. The van der Waals surface area contributed by atoms with Crippen LogP contribution in [0.3, 0.4) is 0 Å². The van der Waals surface area contributed by atoms with Gasteiger partial charge in [-0.05, 0) is 37.6 Å². The van der Waals surface area contributed by atoms with Gasteiger partial charge in [0, 0.05) is 45.0 Å². The summed E-state index contributed by atoms with van der Waals surface area (Å²) in [6.07, 6.45) is 4.12. The maximum atomic E-state index is 13.4. The minimum atomic E-state index is -0.321. The van der Waals surface area contributed by atoms with Crippen LogP contribution in [-0.2, 0) is 0 Å². The summed E-state index contributed by atoms with van der Waals surface area (Å²) in [7, 11) is 1.54. The molecule has 0 bridgehead atoms. The molecule has 4 rings (SSSR count). The number of carbonyl (C=O) groups is 1. The molecule has 1 amide bonds. The Balaban J connectivity index is 1.38. The second-order valence-corrected chi connectivity index (χ2v) is 7.28. The Morgan fingerprint density at radius 1 is 1.25 bits per heavy atom. The summed E-state index contributed by atoms with van der Waals surface area (Å²) in [6.45, 7) is 4.47. The molecule has 2 aromatic rings. The van der Waals surface area contributed by atoms with Gasteiger partial charge in [0.1, 0.15) is 17.3 Å². The first-order chi connectivity index (χ1) is 13.7. The number of halogens is 1. The standard InChI is InChI=1S/C20H26FN5O2/c1-28-19-13-15(21)4-5-18(19)24-9-11-25(12-10-24)20(27)17-6-8-26(23-17)16-3-2-7-22-14-16/h4-6,8,13,16,22H,2-3,7,9-12,14H2,1H3. The van der Waals surface area contributed by atoms with E-state index in [1.807, 2.05) is 21.8 Å². The van der Waals surface area contributed by atoms with Crippen LogP contribution in [0.2, 0.25) is 0 Å². The number of hydrogen-bond acceptors (Lipinski definition) is 5. The Hall–Kier alpha value is -2.61. The number of amides is 1. The minimum Gasteiger partial charge on any atom is -0.494 e. The molecular weight excluding hydrogens is 361 g/mol. The molecule has 1 atom stereocenters. The number of methoxy groups -OCH3 is 1. The fourth-order valence-electron chi connectivity index (χ4n) is 3.94. The van der Waals surface area contributed by atoms with E-state index in [2.05, 4.69) is 15.3 Å². The highest BCUT2D eigenvalue weighted by Gasteiger charge is 2.26. The molecule has 1 unspecified atom stereocenters. The number of ether oxygens (including phenoxy) is 1. The molecule has 1 N–H and O–H groups in total. The van der Waals surface area contributed by atoms with Gasteiger partial charge in [-0.25, -0.2) is 4.39 Å². The Morgan fingerprint density at radius 2 is 2.07 bits per heavy atom. The Labute approximate surface area is 164 Å². The quantitative estimate of drug-likeness (QED) is 0.869. The molecule has 0 radical (unpaired) electrons. The minimum absolute atomic E-state index is 0.0340. The van der Waals surface area contributed by atoms with Gasteiger partial charge < -0.3 is 19.9 Å². The molecule has 1 aromatic carbocycles. The topological polar surface area (TPSA) is 62.6 Å². The summed E-state index contributed by atoms with van der Waals surface area (Å²) in [5.74, 6) is 0.158. The summed E-state index contributed by atoms with van der Waals surface area (Å²) in [5, 5.41) is 7.91. The molecule has 2 aliphatic rings. The molecule has 8 heteroatoms. The number of hydrogen-bond donors (Lipinski definition) is 1. The molecule has 7 nitrogen and oxygen atoms in total. The van der Waals surface area contributed by atoms with Crippen molar-refractivity contribution < 1.29 is 13.9 Å². The van der Waals surface area contributed by atoms with Gasteiger partial charge in [0.05, 0.1) is 18.8 Å². The first-order valence-corrected chi connectivity index (χ1v) is 9.79. The Morgan fingerprint density at radius 3 is 2.79 bits per heavy atom. The summed E-state index contributed by atoms with van der Waals surface area (Å²) >= 11 is 0. The Kier molecular flexibility index (Phi) is 5.47. The monoisotopic (exact) mass is 387 g/mol. The van der Waals surface area contributed by atoms with Gasteiger partial charge in [-0.3, -0.25) is 9.48 Å². The van der Waals surface area contributed by atoms with Crippen LogP contribution in [0, 0.1) is 5.82 Å². The number of anilines is 1. The normalized spacial score (nSPS) is 20.3. The zero-order valence-corrected chi connectivity index (χ0v) is 16.1. The van der Waals surface area contributed by atoms with E-state index in [9.17, 15) is 9.18 Å². The highest BCUT2D eigenvalue weighted by molar-refractivity contribution is 5.92. The number of carbonyl (C=O) groups excluding carboxylic acids is 1. The van der Waals surface area contributed by atoms with Crippen LogP contribution in [0.1, 0.15) is 29.4 Å². The number of nitrogens with zero attached hydrogens (tertiary/aromatic N) is 4. The number of benzene rings is 1. The lowest BCUT2D eigenvalue weighted by atomic mass is 10.1. The molecule has 2 fully saturated rings. The SMILES string of the molecule is COc1cc(F)ccc1N1CCN(C(=O)c2ccn(C3CCCNC3)n2)CC1. The van der Waals surface area contributed by atoms with Crippen molar-refractivity contribution in [3.63, 3.8) is 0 Å². The molecule has 28 heavy (non-hydrogen) atoms. The molecule has 150 valence electrons. The van der Waals surface area contributed by atoms with Gasteiger partial charge in [-0.1, -0.05) is 0 Å². The predicted molar refractivity (Wildman–Crippen MR) is 104 cm³/mol.